The Kier molecular flexibility index (Phi) is 2.91. The van der Waals surface area contributed by atoms with Crippen LogP contribution in [0.1, 0.15) is 5.76 Å². The summed E-state index contributed by atoms with van der Waals surface area (Å²) in [5.41, 5.74) is 2.87. The molecule has 2 nitrogen and oxygen atoms in total. The van der Waals surface area contributed by atoms with Crippen molar-refractivity contribution in [3.63, 3.8) is 0 Å². The molecule has 0 aliphatic rings. The molecule has 0 N–H and O–H groups in total. The molecule has 0 unspecified atom stereocenters. The van der Waals surface area contributed by atoms with Crippen molar-refractivity contribution in [2.75, 3.05) is 0 Å². The molecule has 2 aromatic rings. The van der Waals surface area contributed by atoms with Gasteiger partial charge in [-0.1, -0.05) is 37.8 Å². The van der Waals surface area contributed by atoms with Crippen molar-refractivity contribution in [2.45, 2.75) is 19.6 Å². The van der Waals surface area contributed by atoms with Gasteiger partial charge in [-0.2, -0.15) is 0 Å². The van der Waals surface area contributed by atoms with E-state index in [-0.39, 0.29) is 5.63 Å². The van der Waals surface area contributed by atoms with Crippen LogP contribution in [0.15, 0.2) is 39.5 Å². The van der Waals surface area contributed by atoms with Crippen LogP contribution in [0.3, 0.4) is 0 Å². The van der Waals surface area contributed by atoms with E-state index in [0.29, 0.717) is 11.1 Å². The highest BCUT2D eigenvalue weighted by molar-refractivity contribution is 6.83. The normalized spacial score (nSPS) is 11.0. The Morgan fingerprint density at radius 1 is 1.18 bits per heavy atom. The number of hydrogen-bond donors (Lipinski definition) is 0. The van der Waals surface area contributed by atoms with E-state index in [1.807, 2.05) is 24.3 Å². The Labute approximate surface area is 101 Å². The Morgan fingerprint density at radius 2 is 1.88 bits per heavy atom. The molecule has 0 aliphatic carbocycles. The third-order valence-corrected chi connectivity index (χ3v) is 3.11. The van der Waals surface area contributed by atoms with E-state index in [9.17, 15) is 4.79 Å². The minimum absolute atomic E-state index is 0.317. The molecule has 1 aromatic heterocycles. The summed E-state index contributed by atoms with van der Waals surface area (Å²) in [6.45, 7) is 6.46. The maximum atomic E-state index is 11.7. The van der Waals surface area contributed by atoms with Crippen LogP contribution < -0.4 is 5.63 Å². The van der Waals surface area contributed by atoms with Gasteiger partial charge < -0.3 is 4.42 Å². The molecule has 2 rings (SSSR count). The fourth-order valence-corrected chi connectivity index (χ4v) is 1.94. The average Bonchev–Trinajstić information content (AvgIpc) is 2.26. The van der Waals surface area contributed by atoms with E-state index >= 15 is 0 Å². The van der Waals surface area contributed by atoms with E-state index in [1.165, 1.54) is 0 Å². The molecule has 86 valence electrons. The van der Waals surface area contributed by atoms with E-state index in [4.69, 9.17) is 4.42 Å². The molecule has 0 spiro atoms. The van der Waals surface area contributed by atoms with Crippen LogP contribution in [-0.4, -0.2) is 8.07 Å². The predicted molar refractivity (Wildman–Crippen MR) is 72.7 cm³/mol. The molecule has 1 heterocycles. The molecule has 0 bridgehead atoms. The van der Waals surface area contributed by atoms with Gasteiger partial charge in [0.1, 0.15) is 8.07 Å². The van der Waals surface area contributed by atoms with E-state index in [2.05, 4.69) is 31.1 Å². The molecule has 0 aliphatic heterocycles. The quantitative estimate of drug-likeness (QED) is 0.525. The van der Waals surface area contributed by atoms with Crippen molar-refractivity contribution in [1.82, 2.24) is 0 Å². The summed E-state index contributed by atoms with van der Waals surface area (Å²) in [6.07, 6.45) is 0. The largest absolute Gasteiger partial charge is 0.414 e. The highest BCUT2D eigenvalue weighted by atomic mass is 28.3. The lowest BCUT2D eigenvalue weighted by Crippen LogP contribution is -2.16. The molecule has 1 aromatic carbocycles. The van der Waals surface area contributed by atoms with Crippen molar-refractivity contribution in [3.8, 4) is 11.5 Å². The standard InChI is InChI=1S/C14H14O2Si/c1-17(2,3)9-8-12-10-11-6-4-5-7-13(11)14(15)16-12/h4-7,10H,1-3H3. The summed E-state index contributed by atoms with van der Waals surface area (Å²) < 4.78 is 5.18. The molecule has 0 fully saturated rings. The van der Waals surface area contributed by atoms with Gasteiger partial charge in [0.2, 0.25) is 0 Å². The summed E-state index contributed by atoms with van der Waals surface area (Å²) in [7, 11) is -1.45. The van der Waals surface area contributed by atoms with Crippen LogP contribution in [0.2, 0.25) is 19.6 Å². The second-order valence-corrected chi connectivity index (χ2v) is 9.74. The number of rotatable bonds is 0. The van der Waals surface area contributed by atoms with Crippen molar-refractivity contribution >= 4 is 18.8 Å². The smallest absolute Gasteiger partial charge is 0.344 e. The third kappa shape index (κ3) is 2.86. The first kappa shape index (κ1) is 11.7. The number of benzene rings is 1. The van der Waals surface area contributed by atoms with Crippen LogP contribution in [0.5, 0.6) is 0 Å². The summed E-state index contributed by atoms with van der Waals surface area (Å²) in [5.74, 6) is 3.42. The Balaban J connectivity index is 2.58. The molecule has 17 heavy (non-hydrogen) atoms. The zero-order valence-electron chi connectivity index (χ0n) is 10.2. The average molecular weight is 242 g/mol. The summed E-state index contributed by atoms with van der Waals surface area (Å²) in [4.78, 5) is 11.7. The van der Waals surface area contributed by atoms with Crippen LogP contribution in [0.25, 0.3) is 10.8 Å². The van der Waals surface area contributed by atoms with Crippen LogP contribution in [0, 0.1) is 11.5 Å². The molecule has 0 atom stereocenters. The SMILES string of the molecule is C[Si](C)(C)C#Cc1cc2ccccc2c(=O)o1. The maximum Gasteiger partial charge on any atom is 0.344 e. The first-order chi connectivity index (χ1) is 7.96. The van der Waals surface area contributed by atoms with Crippen LogP contribution >= 0.6 is 0 Å². The molecular weight excluding hydrogens is 228 g/mol. The first-order valence-corrected chi connectivity index (χ1v) is 9.02. The second-order valence-electron chi connectivity index (χ2n) is 4.99. The third-order valence-electron chi connectivity index (χ3n) is 2.23. The van der Waals surface area contributed by atoms with Crippen molar-refractivity contribution in [1.29, 1.82) is 0 Å². The van der Waals surface area contributed by atoms with E-state index in [0.717, 1.165) is 5.39 Å². The van der Waals surface area contributed by atoms with Crippen LogP contribution in [0.4, 0.5) is 0 Å². The number of hydrogen-bond acceptors (Lipinski definition) is 2. The molecule has 0 amide bonds. The summed E-state index contributed by atoms with van der Waals surface area (Å²) >= 11 is 0. The van der Waals surface area contributed by atoms with Gasteiger partial charge in [0.05, 0.1) is 5.39 Å². The Hall–Kier alpha value is -1.79. The molecule has 0 saturated heterocycles. The zero-order chi connectivity index (χ0) is 12.5. The molecule has 0 radical (unpaired) electrons. The van der Waals surface area contributed by atoms with Gasteiger partial charge in [0, 0.05) is 0 Å². The van der Waals surface area contributed by atoms with Gasteiger partial charge in [0.15, 0.2) is 5.76 Å². The molecular formula is C14H14O2Si. The molecule has 0 saturated carbocycles. The fraction of sp³-hybridized carbons (Fsp3) is 0.214. The van der Waals surface area contributed by atoms with Crippen molar-refractivity contribution < 1.29 is 4.42 Å². The van der Waals surface area contributed by atoms with Gasteiger partial charge >= 0.3 is 5.63 Å². The lowest BCUT2D eigenvalue weighted by molar-refractivity contribution is 0.507. The van der Waals surface area contributed by atoms with Gasteiger partial charge in [-0.15, -0.1) is 5.54 Å². The lowest BCUT2D eigenvalue weighted by Gasteiger charge is -2.03. The highest BCUT2D eigenvalue weighted by Gasteiger charge is 2.08. The number of fused-ring (bicyclic) bond motifs is 1. The summed E-state index contributed by atoms with van der Waals surface area (Å²) in [5, 5.41) is 1.48. The second kappa shape index (κ2) is 4.23. The van der Waals surface area contributed by atoms with Crippen molar-refractivity contribution in [2.24, 2.45) is 0 Å². The van der Waals surface area contributed by atoms with Gasteiger partial charge in [0.25, 0.3) is 0 Å². The fourth-order valence-electron chi connectivity index (χ4n) is 1.45. The minimum Gasteiger partial charge on any atom is -0.414 e. The Morgan fingerprint density at radius 3 is 2.59 bits per heavy atom. The van der Waals surface area contributed by atoms with Gasteiger partial charge in [-0.05, 0) is 23.4 Å². The molecule has 3 heteroatoms. The predicted octanol–water partition coefficient (Wildman–Crippen LogP) is 3.02. The lowest BCUT2D eigenvalue weighted by atomic mass is 10.2. The monoisotopic (exact) mass is 242 g/mol. The minimum atomic E-state index is -1.45. The van der Waals surface area contributed by atoms with Gasteiger partial charge in [-0.3, -0.25) is 0 Å². The van der Waals surface area contributed by atoms with Gasteiger partial charge in [-0.25, -0.2) is 4.79 Å². The Bertz CT molecular complexity index is 666. The highest BCUT2D eigenvalue weighted by Crippen LogP contribution is 2.11. The summed E-state index contributed by atoms with van der Waals surface area (Å²) in [6, 6.07) is 9.21. The first-order valence-electron chi connectivity index (χ1n) is 5.52. The van der Waals surface area contributed by atoms with Crippen molar-refractivity contribution in [3.05, 3.63) is 46.5 Å². The topological polar surface area (TPSA) is 30.2 Å². The van der Waals surface area contributed by atoms with E-state index in [1.54, 1.807) is 6.07 Å². The zero-order valence-corrected chi connectivity index (χ0v) is 11.2. The van der Waals surface area contributed by atoms with E-state index < -0.39 is 8.07 Å². The maximum absolute atomic E-state index is 11.7. The van der Waals surface area contributed by atoms with Crippen LogP contribution in [-0.2, 0) is 0 Å².